The zero-order chi connectivity index (χ0) is 7.11. The van der Waals surface area contributed by atoms with Crippen LogP contribution in [0.3, 0.4) is 0 Å². The van der Waals surface area contributed by atoms with Crippen molar-refractivity contribution in [2.45, 2.75) is 25.7 Å². The van der Waals surface area contributed by atoms with Crippen LogP contribution < -0.4 is 0 Å². The molecular weight excluding hydrogens is 112 g/mol. The minimum atomic E-state index is 0.0408. The molecule has 1 heteroatoms. The minimum Gasteiger partial charge on any atom is -0.300 e. The maximum Gasteiger partial charge on any atom is 0.133 e. The molecule has 0 atom stereocenters. The van der Waals surface area contributed by atoms with E-state index in [1.165, 1.54) is 0 Å². The molecular formula is C8H13O. The molecule has 51 valence electrons. The molecule has 0 saturated heterocycles. The lowest BCUT2D eigenvalue weighted by atomic mass is 10.1. The Balaban J connectivity index is 2.91. The molecule has 0 amide bonds. The van der Waals surface area contributed by atoms with E-state index in [9.17, 15) is 4.79 Å². The van der Waals surface area contributed by atoms with Crippen LogP contribution in [0.2, 0.25) is 0 Å². The van der Waals surface area contributed by atoms with Gasteiger partial charge < -0.3 is 0 Å². The Hall–Kier alpha value is -0.590. The highest BCUT2D eigenvalue weighted by molar-refractivity contribution is 5.82. The maximum absolute atomic E-state index is 10.3. The van der Waals surface area contributed by atoms with Gasteiger partial charge in [-0.1, -0.05) is 6.08 Å². The van der Waals surface area contributed by atoms with E-state index in [1.807, 2.05) is 6.08 Å². The monoisotopic (exact) mass is 125 g/mol. The summed E-state index contributed by atoms with van der Waals surface area (Å²) in [6.07, 6.45) is 5.51. The van der Waals surface area contributed by atoms with Crippen LogP contribution in [0.4, 0.5) is 0 Å². The lowest BCUT2D eigenvalue weighted by Gasteiger charge is -1.91. The summed E-state index contributed by atoms with van der Waals surface area (Å²) in [4.78, 5) is 10.3. The van der Waals surface area contributed by atoms with Crippen LogP contribution in [0.5, 0.6) is 0 Å². The summed E-state index contributed by atoms with van der Waals surface area (Å²) >= 11 is 0. The van der Waals surface area contributed by atoms with Crippen molar-refractivity contribution in [3.8, 4) is 0 Å². The fraction of sp³-hybridized carbons (Fsp3) is 0.500. The first-order chi connectivity index (χ1) is 4.27. The van der Waals surface area contributed by atoms with E-state index in [-0.39, 0.29) is 5.78 Å². The van der Waals surface area contributed by atoms with Gasteiger partial charge in [-0.2, -0.15) is 0 Å². The lowest BCUT2D eigenvalue weighted by Crippen LogP contribution is -1.88. The second-order valence-electron chi connectivity index (χ2n) is 2.07. The average molecular weight is 125 g/mol. The topological polar surface area (TPSA) is 17.1 Å². The van der Waals surface area contributed by atoms with E-state index in [1.54, 1.807) is 0 Å². The van der Waals surface area contributed by atoms with Crippen LogP contribution in [-0.2, 0) is 4.79 Å². The number of allylic oxidation sites excluding steroid dienone is 1. The van der Waals surface area contributed by atoms with Crippen molar-refractivity contribution in [3.63, 3.8) is 0 Å². The summed E-state index contributed by atoms with van der Waals surface area (Å²) in [5, 5.41) is 0. The van der Waals surface area contributed by atoms with Crippen LogP contribution in [0, 0.1) is 6.92 Å². The highest BCUT2D eigenvalue weighted by atomic mass is 16.1. The molecule has 0 bridgehead atoms. The normalized spacial score (nSPS) is 9.00. The fourth-order valence-electron chi connectivity index (χ4n) is 0.611. The molecule has 0 rings (SSSR count). The predicted octanol–water partition coefficient (Wildman–Crippen LogP) is 2.14. The fourth-order valence-corrected chi connectivity index (χ4v) is 0.611. The van der Waals surface area contributed by atoms with E-state index < -0.39 is 0 Å². The largest absolute Gasteiger partial charge is 0.300 e. The molecule has 0 aliphatic heterocycles. The van der Waals surface area contributed by atoms with Gasteiger partial charge in [0.25, 0.3) is 0 Å². The quantitative estimate of drug-likeness (QED) is 0.406. The van der Waals surface area contributed by atoms with Crippen molar-refractivity contribution in [1.29, 1.82) is 0 Å². The van der Waals surface area contributed by atoms with E-state index in [0.717, 1.165) is 19.3 Å². The van der Waals surface area contributed by atoms with Gasteiger partial charge in [-0.05, 0) is 19.3 Å². The molecule has 0 spiro atoms. The molecule has 0 heterocycles. The van der Waals surface area contributed by atoms with Gasteiger partial charge in [-0.15, -0.1) is 6.58 Å². The van der Waals surface area contributed by atoms with E-state index in [4.69, 9.17) is 0 Å². The van der Waals surface area contributed by atoms with Gasteiger partial charge in [0.1, 0.15) is 5.78 Å². The van der Waals surface area contributed by atoms with Crippen molar-refractivity contribution in [2.75, 3.05) is 0 Å². The maximum atomic E-state index is 10.3. The third kappa shape index (κ3) is 7.41. The molecule has 0 aliphatic rings. The summed E-state index contributed by atoms with van der Waals surface area (Å²) in [6.45, 7) is 6.85. The van der Waals surface area contributed by atoms with Crippen molar-refractivity contribution in [3.05, 3.63) is 19.6 Å². The zero-order valence-electron chi connectivity index (χ0n) is 5.73. The highest BCUT2D eigenvalue weighted by Crippen LogP contribution is 1.99. The molecule has 0 aromatic rings. The Kier molecular flexibility index (Phi) is 5.18. The Labute approximate surface area is 56.8 Å². The number of rotatable bonds is 5. The van der Waals surface area contributed by atoms with Crippen LogP contribution in [0.15, 0.2) is 12.7 Å². The Morgan fingerprint density at radius 3 is 2.56 bits per heavy atom. The predicted molar refractivity (Wildman–Crippen MR) is 39.0 cm³/mol. The first-order valence-electron chi connectivity index (χ1n) is 3.23. The van der Waals surface area contributed by atoms with Gasteiger partial charge in [0.15, 0.2) is 0 Å². The van der Waals surface area contributed by atoms with Crippen LogP contribution in [0.25, 0.3) is 0 Å². The van der Waals surface area contributed by atoms with Gasteiger partial charge in [-0.3, -0.25) is 4.79 Å². The minimum absolute atomic E-state index is 0.0408. The number of Topliss-reactive ketones (excluding diaryl/α,β-unsaturated/α-hetero) is 1. The molecule has 0 unspecified atom stereocenters. The summed E-state index contributed by atoms with van der Waals surface area (Å²) in [5.41, 5.74) is 0. The summed E-state index contributed by atoms with van der Waals surface area (Å²) in [6, 6.07) is 0. The van der Waals surface area contributed by atoms with Crippen LogP contribution in [-0.4, -0.2) is 5.78 Å². The third-order valence-electron chi connectivity index (χ3n) is 1.11. The van der Waals surface area contributed by atoms with E-state index in [0.29, 0.717) is 6.42 Å². The molecule has 0 aliphatic carbocycles. The number of carbonyl (C=O) groups excluding carboxylic acids is 1. The first kappa shape index (κ1) is 8.41. The van der Waals surface area contributed by atoms with Gasteiger partial charge in [0, 0.05) is 13.3 Å². The molecule has 1 radical (unpaired) electrons. The number of carbonyl (C=O) groups is 1. The Morgan fingerprint density at radius 2 is 2.11 bits per heavy atom. The molecule has 0 N–H and O–H groups in total. The second-order valence-corrected chi connectivity index (χ2v) is 2.07. The van der Waals surface area contributed by atoms with Crippen molar-refractivity contribution in [2.24, 2.45) is 0 Å². The summed E-state index contributed by atoms with van der Waals surface area (Å²) in [5.74, 6) is 0.0408. The summed E-state index contributed by atoms with van der Waals surface area (Å²) < 4.78 is 0. The Morgan fingerprint density at radius 1 is 1.44 bits per heavy atom. The number of hydrogen-bond donors (Lipinski definition) is 0. The first-order valence-corrected chi connectivity index (χ1v) is 3.23. The van der Waals surface area contributed by atoms with Crippen molar-refractivity contribution < 1.29 is 4.79 Å². The number of ketones is 1. The van der Waals surface area contributed by atoms with Crippen molar-refractivity contribution in [1.82, 2.24) is 0 Å². The smallest absolute Gasteiger partial charge is 0.133 e. The lowest BCUT2D eigenvalue weighted by molar-refractivity contribution is -0.114. The van der Waals surface area contributed by atoms with Gasteiger partial charge in [0.2, 0.25) is 0 Å². The van der Waals surface area contributed by atoms with Gasteiger partial charge in [-0.25, -0.2) is 0 Å². The molecule has 0 fully saturated rings. The third-order valence-corrected chi connectivity index (χ3v) is 1.11. The second kappa shape index (κ2) is 5.54. The molecule has 9 heavy (non-hydrogen) atoms. The molecule has 1 nitrogen and oxygen atoms in total. The summed E-state index contributed by atoms with van der Waals surface area (Å²) in [7, 11) is 0. The average Bonchev–Trinajstić information content (AvgIpc) is 1.80. The zero-order valence-corrected chi connectivity index (χ0v) is 5.73. The number of unbranched alkanes of at least 4 members (excludes halogenated alkanes) is 2. The van der Waals surface area contributed by atoms with Gasteiger partial charge >= 0.3 is 0 Å². The van der Waals surface area contributed by atoms with Gasteiger partial charge in [0.05, 0.1) is 0 Å². The van der Waals surface area contributed by atoms with Crippen LogP contribution >= 0.6 is 0 Å². The number of hydrogen-bond acceptors (Lipinski definition) is 1. The highest BCUT2D eigenvalue weighted by Gasteiger charge is 1.90. The van der Waals surface area contributed by atoms with Crippen molar-refractivity contribution >= 4 is 5.78 Å². The van der Waals surface area contributed by atoms with E-state index >= 15 is 0 Å². The molecule has 0 aromatic heterocycles. The molecule has 0 saturated carbocycles. The SMILES string of the molecule is [CH2]C(=O)CCCCC=C. The van der Waals surface area contributed by atoms with Crippen LogP contribution in [0.1, 0.15) is 25.7 Å². The Bertz CT molecular complexity index is 94.7. The van der Waals surface area contributed by atoms with E-state index in [2.05, 4.69) is 13.5 Å². The standard InChI is InChI=1S/C8H13O/c1-3-4-5-6-7-8(2)9/h3H,1-2,4-7H2. The molecule has 0 aromatic carbocycles.